The van der Waals surface area contributed by atoms with Gasteiger partial charge in [-0.15, -0.1) is 0 Å². The van der Waals surface area contributed by atoms with Gasteiger partial charge in [-0.25, -0.2) is 0 Å². The second kappa shape index (κ2) is 11.5. The van der Waals surface area contributed by atoms with Gasteiger partial charge in [-0.1, -0.05) is 35.9 Å². The van der Waals surface area contributed by atoms with Crippen LogP contribution in [0.5, 0.6) is 11.5 Å². The van der Waals surface area contributed by atoms with Crippen LogP contribution in [0.3, 0.4) is 0 Å². The summed E-state index contributed by atoms with van der Waals surface area (Å²) in [5.41, 5.74) is 0.123. The minimum Gasteiger partial charge on any atom is -0.494 e. The van der Waals surface area contributed by atoms with E-state index in [2.05, 4.69) is 10.6 Å². The maximum absolute atomic E-state index is 12.9. The monoisotopic (exact) mass is 490 g/mol. The van der Waals surface area contributed by atoms with Gasteiger partial charge in [-0.2, -0.15) is 13.2 Å². The molecule has 3 aromatic rings. The first-order valence-electron chi connectivity index (χ1n) is 10.3. The number of carbonyl (C=O) groups excluding carboxylic acids is 1. The average molecular weight is 491 g/mol. The molecule has 0 aliphatic carbocycles. The molecule has 3 rings (SSSR count). The minimum absolute atomic E-state index is 0.0416. The van der Waals surface area contributed by atoms with Crippen molar-refractivity contribution >= 4 is 23.2 Å². The summed E-state index contributed by atoms with van der Waals surface area (Å²) in [6.45, 7) is 2.48. The molecule has 0 aliphatic rings. The normalized spacial score (nSPS) is 11.6. The van der Waals surface area contributed by atoms with Crippen molar-refractivity contribution in [3.63, 3.8) is 0 Å². The van der Waals surface area contributed by atoms with Crippen molar-refractivity contribution in [2.45, 2.75) is 19.6 Å². The molecule has 0 saturated carbocycles. The molecule has 9 heteroatoms. The molecule has 0 radical (unpaired) electrons. The number of hydrogen-bond donors (Lipinski definition) is 2. The fourth-order valence-corrected chi connectivity index (χ4v) is 3.12. The molecule has 0 spiro atoms. The van der Waals surface area contributed by atoms with Crippen LogP contribution >= 0.6 is 11.6 Å². The Bertz CT molecular complexity index is 1130. The quantitative estimate of drug-likeness (QED) is 0.269. The van der Waals surface area contributed by atoms with Crippen molar-refractivity contribution in [2.75, 3.05) is 11.9 Å². The lowest BCUT2D eigenvalue weighted by molar-refractivity contribution is -0.137. The van der Waals surface area contributed by atoms with Crippen molar-refractivity contribution in [2.24, 2.45) is 0 Å². The van der Waals surface area contributed by atoms with E-state index in [4.69, 9.17) is 21.1 Å². The van der Waals surface area contributed by atoms with Crippen LogP contribution in [0, 0.1) is 0 Å². The van der Waals surface area contributed by atoms with Gasteiger partial charge in [0, 0.05) is 23.5 Å². The summed E-state index contributed by atoms with van der Waals surface area (Å²) in [4.78, 5) is 12.9. The first-order valence-corrected chi connectivity index (χ1v) is 10.7. The van der Waals surface area contributed by atoms with E-state index in [0.29, 0.717) is 29.4 Å². The third kappa shape index (κ3) is 7.18. The number of halogens is 4. The molecule has 2 N–H and O–H groups in total. The summed E-state index contributed by atoms with van der Waals surface area (Å²) in [5, 5.41) is 5.58. The van der Waals surface area contributed by atoms with Crippen LogP contribution in [-0.4, -0.2) is 12.5 Å². The summed E-state index contributed by atoms with van der Waals surface area (Å²) in [6, 6.07) is 18.6. The highest BCUT2D eigenvalue weighted by Crippen LogP contribution is 2.32. The Morgan fingerprint density at radius 2 is 1.71 bits per heavy atom. The van der Waals surface area contributed by atoms with E-state index in [9.17, 15) is 18.0 Å². The highest BCUT2D eigenvalue weighted by Gasteiger charge is 2.30. The van der Waals surface area contributed by atoms with Crippen molar-refractivity contribution < 1.29 is 27.4 Å². The van der Waals surface area contributed by atoms with Crippen molar-refractivity contribution in [3.8, 4) is 11.5 Å². The highest BCUT2D eigenvalue weighted by molar-refractivity contribution is 6.31. The van der Waals surface area contributed by atoms with E-state index in [1.807, 2.05) is 6.92 Å². The first kappa shape index (κ1) is 25.0. The molecule has 1 amide bonds. The number of para-hydroxylation sites is 1. The molecule has 0 heterocycles. The molecule has 0 atom stereocenters. The summed E-state index contributed by atoms with van der Waals surface area (Å²) in [6.07, 6.45) is -3.14. The molecule has 0 aromatic heterocycles. The third-order valence-corrected chi connectivity index (χ3v) is 4.88. The van der Waals surface area contributed by atoms with Gasteiger partial charge in [-0.05, 0) is 61.0 Å². The molecule has 5 nitrogen and oxygen atoms in total. The predicted octanol–water partition coefficient (Wildman–Crippen LogP) is 6.41. The van der Waals surface area contributed by atoms with E-state index in [1.165, 1.54) is 12.3 Å². The van der Waals surface area contributed by atoms with Gasteiger partial charge in [0.05, 0.1) is 12.2 Å². The Labute approximate surface area is 200 Å². The Balaban J connectivity index is 1.74. The van der Waals surface area contributed by atoms with Crippen LogP contribution < -0.4 is 20.1 Å². The molecule has 0 bridgehead atoms. The second-order valence-electron chi connectivity index (χ2n) is 7.02. The largest absolute Gasteiger partial charge is 0.494 e. The van der Waals surface area contributed by atoms with Crippen molar-refractivity contribution in [3.05, 3.63) is 101 Å². The lowest BCUT2D eigenvalue weighted by Crippen LogP contribution is -2.21. The maximum Gasteiger partial charge on any atom is 0.416 e. The number of alkyl halides is 3. The molecule has 0 unspecified atom stereocenters. The minimum atomic E-state index is -4.48. The number of hydrogen-bond acceptors (Lipinski definition) is 4. The molecular weight excluding hydrogens is 469 g/mol. The maximum atomic E-state index is 12.9. The van der Waals surface area contributed by atoms with Crippen LogP contribution in [0.4, 0.5) is 18.9 Å². The zero-order valence-electron chi connectivity index (χ0n) is 18.2. The fourth-order valence-electron chi connectivity index (χ4n) is 2.87. The number of rotatable bonds is 9. The lowest BCUT2D eigenvalue weighted by Gasteiger charge is -2.13. The predicted molar refractivity (Wildman–Crippen MR) is 125 cm³/mol. The number of nitrogens with one attached hydrogen (secondary N) is 2. The van der Waals surface area contributed by atoms with Crippen LogP contribution in [0.25, 0.3) is 0 Å². The lowest BCUT2D eigenvalue weighted by atomic mass is 10.1. The van der Waals surface area contributed by atoms with Crippen molar-refractivity contribution in [1.29, 1.82) is 0 Å². The van der Waals surface area contributed by atoms with E-state index < -0.39 is 17.6 Å². The smallest absolute Gasteiger partial charge is 0.416 e. The first-order chi connectivity index (χ1) is 16.3. The molecular formula is C25H22ClF3N2O3. The van der Waals surface area contributed by atoms with Gasteiger partial charge in [0.2, 0.25) is 5.76 Å². The third-order valence-electron chi connectivity index (χ3n) is 4.52. The standard InChI is InChI=1S/C25H22ClF3N2O3/c1-2-33-20-12-10-19(11-13-20)31-24(32)23(34-21-6-4-3-5-7-21)16-30-15-17-8-9-18(14-22(17)26)25(27,28)29/h3-14,16,30H,2,15H2,1H3,(H,31,32)/b23-16-. The molecule has 3 aromatic carbocycles. The van der Waals surface area contributed by atoms with Crippen molar-refractivity contribution in [1.82, 2.24) is 5.32 Å². The highest BCUT2D eigenvalue weighted by atomic mass is 35.5. The van der Waals surface area contributed by atoms with E-state index >= 15 is 0 Å². The molecule has 0 fully saturated rings. The fraction of sp³-hybridized carbons (Fsp3) is 0.160. The van der Waals surface area contributed by atoms with Crippen LogP contribution in [0.2, 0.25) is 5.02 Å². The topological polar surface area (TPSA) is 59.6 Å². The van der Waals surface area contributed by atoms with Gasteiger partial charge in [-0.3, -0.25) is 4.79 Å². The Morgan fingerprint density at radius 1 is 1.00 bits per heavy atom. The van der Waals surface area contributed by atoms with Gasteiger partial charge >= 0.3 is 6.18 Å². The summed E-state index contributed by atoms with van der Waals surface area (Å²) in [7, 11) is 0. The van der Waals surface area contributed by atoms with Crippen LogP contribution in [0.1, 0.15) is 18.1 Å². The zero-order valence-corrected chi connectivity index (χ0v) is 18.9. The molecule has 34 heavy (non-hydrogen) atoms. The van der Waals surface area contributed by atoms with E-state index in [0.717, 1.165) is 12.1 Å². The zero-order chi connectivity index (χ0) is 24.6. The number of amides is 1. The number of carbonyl (C=O) groups is 1. The van der Waals surface area contributed by atoms with Crippen LogP contribution in [-0.2, 0) is 17.5 Å². The molecule has 0 aliphatic heterocycles. The second-order valence-corrected chi connectivity index (χ2v) is 7.43. The Morgan fingerprint density at radius 3 is 2.32 bits per heavy atom. The molecule has 178 valence electrons. The van der Waals surface area contributed by atoms with Gasteiger partial charge in [0.15, 0.2) is 0 Å². The Kier molecular flexibility index (Phi) is 8.43. The average Bonchev–Trinajstić information content (AvgIpc) is 2.81. The van der Waals surface area contributed by atoms with Gasteiger partial charge in [0.1, 0.15) is 11.5 Å². The Hall–Kier alpha value is -3.65. The number of anilines is 1. The van der Waals surface area contributed by atoms with Gasteiger partial charge < -0.3 is 20.1 Å². The molecule has 0 saturated heterocycles. The van der Waals surface area contributed by atoms with Gasteiger partial charge in [0.25, 0.3) is 5.91 Å². The summed E-state index contributed by atoms with van der Waals surface area (Å²) < 4.78 is 49.6. The SMILES string of the molecule is CCOc1ccc(NC(=O)/C(=C/NCc2ccc(C(F)(F)F)cc2Cl)Oc2ccccc2)cc1. The number of ether oxygens (including phenoxy) is 2. The van der Waals surface area contributed by atoms with E-state index in [1.54, 1.807) is 54.6 Å². The number of benzene rings is 3. The summed E-state index contributed by atoms with van der Waals surface area (Å²) >= 11 is 6.00. The van der Waals surface area contributed by atoms with Crippen LogP contribution in [0.15, 0.2) is 84.8 Å². The van der Waals surface area contributed by atoms with E-state index in [-0.39, 0.29) is 17.3 Å². The summed E-state index contributed by atoms with van der Waals surface area (Å²) in [5.74, 6) is 0.527.